The molecule has 0 fully saturated rings. The molecule has 1 unspecified atom stereocenters. The predicted octanol–water partition coefficient (Wildman–Crippen LogP) is 8.43. The zero-order valence-electron chi connectivity index (χ0n) is 20.4. The van der Waals surface area contributed by atoms with Gasteiger partial charge in [0.15, 0.2) is 0 Å². The Morgan fingerprint density at radius 1 is 0.700 bits per heavy atom. The normalized spacial score (nSPS) is 10.3. The average molecular weight is 647 g/mol. The highest BCUT2D eigenvalue weighted by Gasteiger charge is 2.22. The van der Waals surface area contributed by atoms with E-state index in [1.54, 1.807) is 36.4 Å². The second-order valence-corrected chi connectivity index (χ2v) is 14.8. The lowest BCUT2D eigenvalue weighted by Crippen LogP contribution is -2.24. The summed E-state index contributed by atoms with van der Waals surface area (Å²) in [6, 6.07) is 15.0. The van der Waals surface area contributed by atoms with Crippen LogP contribution in [0.1, 0.15) is 90.8 Å². The van der Waals surface area contributed by atoms with Crippen molar-refractivity contribution in [3.05, 3.63) is 59.7 Å². The lowest BCUT2D eigenvalue weighted by Gasteiger charge is -2.12. The van der Waals surface area contributed by atoms with Crippen molar-refractivity contribution < 1.29 is 29.7 Å². The molecule has 0 aliphatic carbocycles. The molecule has 2 aromatic rings. The molecule has 1 N–H and O–H groups in total. The van der Waals surface area contributed by atoms with Gasteiger partial charge < -0.3 is 4.43 Å². The molecule has 0 aromatic heterocycles. The van der Waals surface area contributed by atoms with Gasteiger partial charge in [0.2, 0.25) is 0 Å². The first kappa shape index (κ1) is 58.3. The van der Waals surface area contributed by atoms with Crippen molar-refractivity contribution in [1.29, 1.82) is 0 Å². The average Bonchev–Trinajstić information content (AvgIpc) is 2.82. The Hall–Kier alpha value is -1.35. The minimum Gasteiger partial charge on any atom is -0.399 e. The Morgan fingerprint density at radius 2 is 1.02 bits per heavy atom. The molecule has 0 saturated carbocycles. The van der Waals surface area contributed by atoms with Crippen LogP contribution in [0.4, 0.5) is 0 Å². The van der Waals surface area contributed by atoms with E-state index in [0.29, 0.717) is 15.6 Å². The largest absolute Gasteiger partial charge is 0.399 e. The molecule has 0 aliphatic heterocycles. The standard InChI is InChI=1S/C11H18O4SSi.C8H10O3S.C3H10Si.7CH4/c1-4-10-6-8-11(9-7-10)16(12,13)15-17(5-2)14-3;1-2-7-3-5-8(6-4-7)12(9,10)11;1-3-4-2;;;;;;;/h6-9,17H,4-5H2,1-3H3;3-6H,2H2,1H3,(H,9,10,11);3-4H2,1-2H3;7*1H4. The van der Waals surface area contributed by atoms with Crippen LogP contribution in [-0.2, 0) is 41.4 Å². The zero-order chi connectivity index (χ0) is 25.5. The molecule has 0 spiro atoms. The minimum absolute atomic E-state index is 0. The quantitative estimate of drug-likeness (QED) is 0.215. The van der Waals surface area contributed by atoms with Crippen molar-refractivity contribution in [2.24, 2.45) is 0 Å². The van der Waals surface area contributed by atoms with Crippen molar-refractivity contribution in [2.45, 2.75) is 121 Å². The predicted molar refractivity (Wildman–Crippen MR) is 186 cm³/mol. The molecular formula is C29H66O7S2Si2. The van der Waals surface area contributed by atoms with Gasteiger partial charge >= 0.3 is 9.28 Å². The summed E-state index contributed by atoms with van der Waals surface area (Å²) in [5.41, 5.74) is 2.14. The van der Waals surface area contributed by atoms with E-state index in [1.807, 2.05) is 20.8 Å². The van der Waals surface area contributed by atoms with E-state index in [2.05, 4.69) is 13.5 Å². The maximum Gasteiger partial charge on any atom is 0.341 e. The van der Waals surface area contributed by atoms with Crippen LogP contribution in [0.5, 0.6) is 0 Å². The van der Waals surface area contributed by atoms with Crippen LogP contribution in [0.15, 0.2) is 58.3 Å². The Labute approximate surface area is 255 Å². The second-order valence-electron chi connectivity index (χ2n) is 7.09. The Kier molecular flexibility index (Phi) is 44.6. The van der Waals surface area contributed by atoms with E-state index in [4.69, 9.17) is 12.9 Å². The molecule has 0 amide bonds. The summed E-state index contributed by atoms with van der Waals surface area (Å²) < 4.78 is 63.7. The van der Waals surface area contributed by atoms with Crippen molar-refractivity contribution in [1.82, 2.24) is 0 Å². The summed E-state index contributed by atoms with van der Waals surface area (Å²) in [5, 5.41) is 0. The van der Waals surface area contributed by atoms with Crippen LogP contribution in [0.2, 0.25) is 18.6 Å². The summed E-state index contributed by atoms with van der Waals surface area (Å²) in [7, 11) is -7.89. The lowest BCUT2D eigenvalue weighted by molar-refractivity contribution is 0.335. The first-order valence-corrected chi connectivity index (χ1v) is 18.1. The highest BCUT2D eigenvalue weighted by atomic mass is 32.2. The molecule has 1 atom stereocenters. The van der Waals surface area contributed by atoms with Gasteiger partial charge in [-0.2, -0.15) is 16.8 Å². The highest BCUT2D eigenvalue weighted by molar-refractivity contribution is 7.87. The van der Waals surface area contributed by atoms with Gasteiger partial charge in [0.1, 0.15) is 0 Å². The Balaban J connectivity index is -0.0000000667. The van der Waals surface area contributed by atoms with E-state index >= 15 is 0 Å². The van der Waals surface area contributed by atoms with Crippen LogP contribution < -0.4 is 0 Å². The summed E-state index contributed by atoms with van der Waals surface area (Å²) in [6.07, 6.45) is 1.73. The van der Waals surface area contributed by atoms with Gasteiger partial charge in [0.05, 0.1) is 9.79 Å². The van der Waals surface area contributed by atoms with Crippen LogP contribution >= 0.6 is 0 Å². The molecule has 244 valence electrons. The third-order valence-corrected chi connectivity index (χ3v) is 10.4. The molecule has 0 bridgehead atoms. The van der Waals surface area contributed by atoms with Crippen molar-refractivity contribution >= 4 is 39.0 Å². The third-order valence-electron chi connectivity index (χ3n) is 4.58. The van der Waals surface area contributed by atoms with Gasteiger partial charge in [-0.1, -0.05) is 117 Å². The first-order chi connectivity index (χ1) is 15.5. The summed E-state index contributed by atoms with van der Waals surface area (Å²) >= 11 is 0. The molecule has 0 heterocycles. The third kappa shape index (κ3) is 23.4. The van der Waals surface area contributed by atoms with Crippen molar-refractivity contribution in [3.63, 3.8) is 0 Å². The SMILES string of the molecule is C.C.C.C.C.C.C.CC[SiH2]C.CCc1ccc(S(=O)(=O)O)cc1.CCc1ccc(S(=O)(=O)O[SiH](CC)OC)cc1. The van der Waals surface area contributed by atoms with Gasteiger partial charge in [-0.25, -0.2) is 0 Å². The van der Waals surface area contributed by atoms with E-state index in [-0.39, 0.29) is 61.8 Å². The maximum atomic E-state index is 11.9. The van der Waals surface area contributed by atoms with Gasteiger partial charge in [-0.05, 0) is 54.3 Å². The van der Waals surface area contributed by atoms with Crippen molar-refractivity contribution in [3.8, 4) is 0 Å². The van der Waals surface area contributed by atoms with E-state index in [1.165, 1.54) is 25.3 Å². The number of hydrogen-bond donors (Lipinski definition) is 1. The summed E-state index contributed by atoms with van der Waals surface area (Å²) in [4.78, 5) is 0.136. The lowest BCUT2D eigenvalue weighted by atomic mass is 10.2. The second kappa shape index (κ2) is 30.6. The number of aryl methyl sites for hydroxylation is 2. The fourth-order valence-electron chi connectivity index (χ4n) is 2.26. The fourth-order valence-corrected chi connectivity index (χ4v) is 5.98. The monoisotopic (exact) mass is 646 g/mol. The number of benzene rings is 2. The molecule has 2 aromatic carbocycles. The molecule has 0 radical (unpaired) electrons. The minimum atomic E-state index is -4.03. The zero-order valence-corrected chi connectivity index (χ0v) is 24.6. The van der Waals surface area contributed by atoms with Crippen LogP contribution in [0.25, 0.3) is 0 Å². The van der Waals surface area contributed by atoms with E-state index < -0.39 is 29.5 Å². The van der Waals surface area contributed by atoms with E-state index in [0.717, 1.165) is 24.0 Å². The Bertz CT molecular complexity index is 990. The van der Waals surface area contributed by atoms with Gasteiger partial charge in [-0.3, -0.25) is 8.42 Å². The Morgan fingerprint density at radius 3 is 1.25 bits per heavy atom. The topological polar surface area (TPSA) is 107 Å². The summed E-state index contributed by atoms with van der Waals surface area (Å²) in [6.45, 7) is 10.4. The first-order valence-electron chi connectivity index (χ1n) is 11.1. The van der Waals surface area contributed by atoms with Crippen LogP contribution in [-0.4, -0.2) is 47.3 Å². The fraction of sp³-hybridized carbons (Fsp3) is 0.586. The molecule has 11 heteroatoms. The molecule has 40 heavy (non-hydrogen) atoms. The van der Waals surface area contributed by atoms with Crippen molar-refractivity contribution in [2.75, 3.05) is 7.11 Å². The van der Waals surface area contributed by atoms with E-state index in [9.17, 15) is 16.8 Å². The summed E-state index contributed by atoms with van der Waals surface area (Å²) in [5.74, 6) is 0. The molecule has 0 saturated heterocycles. The highest BCUT2D eigenvalue weighted by Crippen LogP contribution is 2.16. The smallest absolute Gasteiger partial charge is 0.341 e. The maximum absolute atomic E-state index is 11.9. The molecule has 2 rings (SSSR count). The molecular weight excluding hydrogens is 581 g/mol. The number of hydrogen-bond acceptors (Lipinski definition) is 6. The van der Waals surface area contributed by atoms with Crippen LogP contribution in [0, 0.1) is 0 Å². The number of rotatable bonds is 9. The van der Waals surface area contributed by atoms with Gasteiger partial charge in [0, 0.05) is 16.6 Å². The van der Waals surface area contributed by atoms with Gasteiger partial charge in [0.25, 0.3) is 20.2 Å². The van der Waals surface area contributed by atoms with Crippen LogP contribution in [0.3, 0.4) is 0 Å². The molecule has 0 aliphatic rings. The molecule has 7 nitrogen and oxygen atoms in total. The van der Waals surface area contributed by atoms with Gasteiger partial charge in [-0.15, -0.1) is 0 Å².